The Bertz CT molecular complexity index is 697. The van der Waals surface area contributed by atoms with Crippen molar-refractivity contribution >= 4 is 18.1 Å². The molecular weight excluding hydrogens is 348 g/mol. The summed E-state index contributed by atoms with van der Waals surface area (Å²) in [5.74, 6) is 0. The average Bonchev–Trinajstić information content (AvgIpc) is 2.78. The SMILES string of the molecule is CC(C)NCC(O)CON=C1c2ccccc2CCc2ccccc21.Cl. The van der Waals surface area contributed by atoms with E-state index in [0.29, 0.717) is 12.6 Å². The summed E-state index contributed by atoms with van der Waals surface area (Å²) in [4.78, 5) is 5.53. The highest BCUT2D eigenvalue weighted by atomic mass is 35.5. The maximum Gasteiger partial charge on any atom is 0.144 e. The molecule has 0 amide bonds. The summed E-state index contributed by atoms with van der Waals surface area (Å²) < 4.78 is 0. The third-order valence-corrected chi connectivity index (χ3v) is 4.39. The van der Waals surface area contributed by atoms with E-state index in [0.717, 1.165) is 29.7 Å². The van der Waals surface area contributed by atoms with E-state index in [1.807, 2.05) is 26.0 Å². The average molecular weight is 375 g/mol. The Kier molecular flexibility index (Phi) is 7.64. The van der Waals surface area contributed by atoms with Gasteiger partial charge < -0.3 is 15.3 Å². The first-order chi connectivity index (χ1) is 12.1. The number of aryl methyl sites for hydroxylation is 2. The molecule has 2 N–H and O–H groups in total. The van der Waals surface area contributed by atoms with Crippen molar-refractivity contribution in [2.75, 3.05) is 13.2 Å². The minimum absolute atomic E-state index is 0. The molecular formula is C21H27ClN2O2. The van der Waals surface area contributed by atoms with E-state index in [1.54, 1.807) is 0 Å². The minimum Gasteiger partial charge on any atom is -0.392 e. The number of nitrogens with one attached hydrogen (secondary N) is 1. The zero-order valence-electron chi connectivity index (χ0n) is 15.3. The first-order valence-corrected chi connectivity index (χ1v) is 8.93. The maximum absolute atomic E-state index is 10.0. The lowest BCUT2D eigenvalue weighted by Gasteiger charge is -2.14. The number of aliphatic hydroxyl groups is 1. The van der Waals surface area contributed by atoms with E-state index in [4.69, 9.17) is 4.84 Å². The number of benzene rings is 2. The fraction of sp³-hybridized carbons (Fsp3) is 0.381. The Morgan fingerprint density at radius 1 is 1.00 bits per heavy atom. The van der Waals surface area contributed by atoms with Crippen LogP contribution >= 0.6 is 12.4 Å². The number of hydrogen-bond acceptors (Lipinski definition) is 4. The smallest absolute Gasteiger partial charge is 0.144 e. The van der Waals surface area contributed by atoms with Gasteiger partial charge >= 0.3 is 0 Å². The summed E-state index contributed by atoms with van der Waals surface area (Å²) in [6.07, 6.45) is 1.41. The predicted molar refractivity (Wildman–Crippen MR) is 108 cm³/mol. The van der Waals surface area contributed by atoms with Crippen molar-refractivity contribution in [2.45, 2.75) is 38.8 Å². The van der Waals surface area contributed by atoms with Crippen LogP contribution in [-0.2, 0) is 17.7 Å². The largest absolute Gasteiger partial charge is 0.392 e. The van der Waals surface area contributed by atoms with Crippen LogP contribution in [0, 0.1) is 0 Å². The van der Waals surface area contributed by atoms with Gasteiger partial charge in [-0.3, -0.25) is 0 Å². The van der Waals surface area contributed by atoms with Crippen molar-refractivity contribution in [3.05, 3.63) is 70.8 Å². The molecule has 4 nitrogen and oxygen atoms in total. The molecule has 1 atom stereocenters. The van der Waals surface area contributed by atoms with Crippen molar-refractivity contribution in [2.24, 2.45) is 5.16 Å². The number of hydrogen-bond donors (Lipinski definition) is 2. The number of nitrogens with zero attached hydrogens (tertiary/aromatic N) is 1. The van der Waals surface area contributed by atoms with Gasteiger partial charge in [0, 0.05) is 23.7 Å². The molecule has 26 heavy (non-hydrogen) atoms. The van der Waals surface area contributed by atoms with Crippen molar-refractivity contribution in [1.29, 1.82) is 0 Å². The van der Waals surface area contributed by atoms with Gasteiger partial charge in [0.2, 0.25) is 0 Å². The monoisotopic (exact) mass is 374 g/mol. The third-order valence-electron chi connectivity index (χ3n) is 4.39. The lowest BCUT2D eigenvalue weighted by molar-refractivity contribution is 0.0396. The molecule has 3 rings (SSSR count). The van der Waals surface area contributed by atoms with Crippen molar-refractivity contribution in [3.8, 4) is 0 Å². The molecule has 1 aliphatic rings. The van der Waals surface area contributed by atoms with Crippen LogP contribution in [0.25, 0.3) is 0 Å². The van der Waals surface area contributed by atoms with Gasteiger partial charge in [0.15, 0.2) is 0 Å². The van der Waals surface area contributed by atoms with E-state index in [2.05, 4.69) is 46.9 Å². The van der Waals surface area contributed by atoms with Gasteiger partial charge in [-0.15, -0.1) is 12.4 Å². The molecule has 140 valence electrons. The van der Waals surface area contributed by atoms with Crippen molar-refractivity contribution < 1.29 is 9.94 Å². The molecule has 0 bridgehead atoms. The van der Waals surface area contributed by atoms with Crippen LogP contribution in [0.15, 0.2) is 53.7 Å². The van der Waals surface area contributed by atoms with Crippen LogP contribution in [0.1, 0.15) is 36.1 Å². The molecule has 0 aromatic heterocycles. The van der Waals surface area contributed by atoms with Crippen molar-refractivity contribution in [1.82, 2.24) is 5.32 Å². The molecule has 0 saturated heterocycles. The lowest BCUT2D eigenvalue weighted by atomic mass is 9.98. The highest BCUT2D eigenvalue weighted by Gasteiger charge is 2.19. The van der Waals surface area contributed by atoms with Crippen LogP contribution < -0.4 is 5.32 Å². The van der Waals surface area contributed by atoms with Gasteiger partial charge in [0.05, 0.1) is 0 Å². The number of aliphatic hydroxyl groups excluding tert-OH is 1. The third kappa shape index (κ3) is 5.07. The van der Waals surface area contributed by atoms with Crippen molar-refractivity contribution in [3.63, 3.8) is 0 Å². The summed E-state index contributed by atoms with van der Waals surface area (Å²) in [6, 6.07) is 17.0. The number of halogens is 1. The zero-order chi connectivity index (χ0) is 17.6. The first kappa shape index (κ1) is 20.4. The van der Waals surface area contributed by atoms with Crippen LogP contribution in [0.5, 0.6) is 0 Å². The second kappa shape index (κ2) is 9.72. The fourth-order valence-electron chi connectivity index (χ4n) is 3.07. The molecule has 0 saturated carbocycles. The van der Waals surface area contributed by atoms with E-state index in [9.17, 15) is 5.11 Å². The topological polar surface area (TPSA) is 53.8 Å². The van der Waals surface area contributed by atoms with Crippen LogP contribution in [0.2, 0.25) is 0 Å². The Balaban J connectivity index is 0.00000243. The number of fused-ring (bicyclic) bond motifs is 2. The van der Waals surface area contributed by atoms with E-state index in [1.165, 1.54) is 11.1 Å². The molecule has 0 radical (unpaired) electrons. The van der Waals surface area contributed by atoms with Crippen LogP contribution in [-0.4, -0.2) is 36.1 Å². The van der Waals surface area contributed by atoms with Gasteiger partial charge in [-0.1, -0.05) is 67.5 Å². The zero-order valence-corrected chi connectivity index (χ0v) is 16.1. The summed E-state index contributed by atoms with van der Waals surface area (Å²) >= 11 is 0. The Hall–Kier alpha value is -1.88. The second-order valence-electron chi connectivity index (χ2n) is 6.77. The molecule has 0 heterocycles. The molecule has 0 fully saturated rings. The summed E-state index contributed by atoms with van der Waals surface area (Å²) in [6.45, 7) is 4.77. The number of oxime groups is 1. The molecule has 0 aliphatic heterocycles. The molecule has 1 aliphatic carbocycles. The lowest BCUT2D eigenvalue weighted by Crippen LogP contribution is -2.34. The molecule has 2 aromatic rings. The van der Waals surface area contributed by atoms with Gasteiger partial charge in [0.25, 0.3) is 0 Å². The molecule has 5 heteroatoms. The Labute approximate surface area is 161 Å². The van der Waals surface area contributed by atoms with Gasteiger partial charge in [-0.25, -0.2) is 0 Å². The fourth-order valence-corrected chi connectivity index (χ4v) is 3.07. The minimum atomic E-state index is -0.581. The quantitative estimate of drug-likeness (QED) is 0.762. The molecule has 0 spiro atoms. The highest BCUT2D eigenvalue weighted by Crippen LogP contribution is 2.25. The van der Waals surface area contributed by atoms with E-state index in [-0.39, 0.29) is 19.0 Å². The molecule has 2 aromatic carbocycles. The van der Waals surface area contributed by atoms with E-state index >= 15 is 0 Å². The summed E-state index contributed by atoms with van der Waals surface area (Å²) in [5, 5.41) is 17.6. The second-order valence-corrected chi connectivity index (χ2v) is 6.77. The standard InChI is InChI=1S/C21H26N2O2.ClH/c1-15(2)22-13-18(24)14-25-23-21-19-9-5-3-7-16(19)11-12-17-8-4-6-10-20(17)21;/h3-10,15,18,22,24H,11-14H2,1-2H3;1H. The Morgan fingerprint density at radius 3 is 2.08 bits per heavy atom. The van der Waals surface area contributed by atoms with Gasteiger partial charge in [0.1, 0.15) is 18.4 Å². The van der Waals surface area contributed by atoms with Gasteiger partial charge in [-0.2, -0.15) is 0 Å². The normalized spacial score (nSPS) is 13.9. The first-order valence-electron chi connectivity index (χ1n) is 8.93. The van der Waals surface area contributed by atoms with E-state index < -0.39 is 6.10 Å². The maximum atomic E-state index is 10.0. The van der Waals surface area contributed by atoms with Crippen LogP contribution in [0.4, 0.5) is 0 Å². The number of rotatable bonds is 6. The molecule has 1 unspecified atom stereocenters. The predicted octanol–water partition coefficient (Wildman–Crippen LogP) is 3.33. The summed E-state index contributed by atoms with van der Waals surface area (Å²) in [7, 11) is 0. The Morgan fingerprint density at radius 2 is 1.54 bits per heavy atom. The van der Waals surface area contributed by atoms with Gasteiger partial charge in [-0.05, 0) is 24.0 Å². The highest BCUT2D eigenvalue weighted by molar-refractivity contribution is 6.14. The summed E-state index contributed by atoms with van der Waals surface area (Å²) in [5.41, 5.74) is 5.64. The van der Waals surface area contributed by atoms with Crippen LogP contribution in [0.3, 0.4) is 0 Å².